The number of carbonyl (C=O) groups is 1. The maximum Gasteiger partial charge on any atom is 0.169 e. The zero-order valence-corrected chi connectivity index (χ0v) is 9.55. The molecular formula is C10H12BrNO. The molecule has 0 fully saturated rings. The zero-order chi connectivity index (χ0) is 10.1. The van der Waals surface area contributed by atoms with Crippen LogP contribution in [0.2, 0.25) is 0 Å². The Morgan fingerprint density at radius 1 is 1.38 bits per heavy atom. The third kappa shape index (κ3) is 2.62. The van der Waals surface area contributed by atoms with Crippen molar-refractivity contribution in [2.45, 2.75) is 20.8 Å². The predicted molar refractivity (Wildman–Crippen MR) is 55.7 cm³/mol. The lowest BCUT2D eigenvalue weighted by Crippen LogP contribution is -2.20. The van der Waals surface area contributed by atoms with Gasteiger partial charge in [-0.25, -0.2) is 0 Å². The lowest BCUT2D eigenvalue weighted by molar-refractivity contribution is 0.0858. The summed E-state index contributed by atoms with van der Waals surface area (Å²) >= 11 is 3.28. The summed E-state index contributed by atoms with van der Waals surface area (Å²) in [6.45, 7) is 5.70. The Hall–Kier alpha value is -0.700. The number of pyridine rings is 1. The lowest BCUT2D eigenvalue weighted by Gasteiger charge is -2.16. The van der Waals surface area contributed by atoms with Gasteiger partial charge in [0.05, 0.1) is 0 Å². The average Bonchev–Trinajstić information content (AvgIpc) is 2.01. The molecule has 0 aliphatic rings. The Kier molecular flexibility index (Phi) is 2.86. The number of hydrogen-bond acceptors (Lipinski definition) is 2. The van der Waals surface area contributed by atoms with Gasteiger partial charge in [-0.1, -0.05) is 20.8 Å². The molecule has 1 rings (SSSR count). The van der Waals surface area contributed by atoms with Crippen molar-refractivity contribution in [3.05, 3.63) is 28.5 Å². The molecule has 0 unspecified atom stereocenters. The Morgan fingerprint density at radius 2 is 2.00 bits per heavy atom. The van der Waals surface area contributed by atoms with Gasteiger partial charge in [0.2, 0.25) is 0 Å². The van der Waals surface area contributed by atoms with Crippen LogP contribution in [0, 0.1) is 5.41 Å². The number of nitrogens with zero attached hydrogens (tertiary/aromatic N) is 1. The molecule has 1 aromatic heterocycles. The van der Waals surface area contributed by atoms with E-state index in [9.17, 15) is 4.79 Å². The number of rotatable bonds is 1. The molecule has 0 bridgehead atoms. The van der Waals surface area contributed by atoms with Crippen LogP contribution in [-0.4, -0.2) is 10.8 Å². The van der Waals surface area contributed by atoms with Gasteiger partial charge in [-0.3, -0.25) is 9.78 Å². The molecule has 0 aromatic carbocycles. The molecular weight excluding hydrogens is 230 g/mol. The van der Waals surface area contributed by atoms with Gasteiger partial charge >= 0.3 is 0 Å². The van der Waals surface area contributed by atoms with Crippen LogP contribution in [-0.2, 0) is 0 Å². The average molecular weight is 242 g/mol. The summed E-state index contributed by atoms with van der Waals surface area (Å²) in [5.74, 6) is 0.112. The van der Waals surface area contributed by atoms with Gasteiger partial charge in [-0.2, -0.15) is 0 Å². The molecule has 0 radical (unpaired) electrons. The van der Waals surface area contributed by atoms with Crippen LogP contribution in [0.25, 0.3) is 0 Å². The molecule has 0 saturated carbocycles. The normalized spacial score (nSPS) is 11.4. The zero-order valence-electron chi connectivity index (χ0n) is 7.97. The van der Waals surface area contributed by atoms with Crippen LogP contribution in [0.5, 0.6) is 0 Å². The Labute approximate surface area is 86.5 Å². The molecule has 70 valence electrons. The lowest BCUT2D eigenvalue weighted by atomic mass is 9.87. The highest BCUT2D eigenvalue weighted by molar-refractivity contribution is 9.10. The highest BCUT2D eigenvalue weighted by Crippen LogP contribution is 2.21. The molecule has 1 aromatic rings. The fraction of sp³-hybridized carbons (Fsp3) is 0.400. The minimum Gasteiger partial charge on any atom is -0.294 e. The first-order chi connectivity index (χ1) is 5.91. The third-order valence-electron chi connectivity index (χ3n) is 1.65. The van der Waals surface area contributed by atoms with Crippen LogP contribution in [0.15, 0.2) is 22.9 Å². The second-order valence-electron chi connectivity index (χ2n) is 3.97. The Balaban J connectivity index is 3.03. The van der Waals surface area contributed by atoms with E-state index in [1.165, 1.54) is 0 Å². The molecule has 3 heteroatoms. The number of halogens is 1. The minimum absolute atomic E-state index is 0.112. The van der Waals surface area contributed by atoms with Crippen molar-refractivity contribution in [3.63, 3.8) is 0 Å². The van der Waals surface area contributed by atoms with Gasteiger partial charge in [0.25, 0.3) is 0 Å². The molecule has 0 amide bonds. The molecule has 2 nitrogen and oxygen atoms in total. The van der Waals surface area contributed by atoms with E-state index in [2.05, 4.69) is 20.9 Å². The van der Waals surface area contributed by atoms with Crippen LogP contribution < -0.4 is 0 Å². The van der Waals surface area contributed by atoms with E-state index in [0.717, 1.165) is 4.47 Å². The van der Waals surface area contributed by atoms with Gasteiger partial charge in [-0.05, 0) is 22.0 Å². The van der Waals surface area contributed by atoms with Crippen LogP contribution >= 0.6 is 15.9 Å². The van der Waals surface area contributed by atoms with Gasteiger partial charge in [0.15, 0.2) is 5.78 Å². The van der Waals surface area contributed by atoms with Gasteiger partial charge < -0.3 is 0 Å². The SMILES string of the molecule is CC(C)(C)C(=O)c1cncc(Br)c1. The van der Waals surface area contributed by atoms with Crippen molar-refractivity contribution < 1.29 is 4.79 Å². The van der Waals surface area contributed by atoms with Crippen molar-refractivity contribution in [3.8, 4) is 0 Å². The van der Waals surface area contributed by atoms with Crippen molar-refractivity contribution in [1.82, 2.24) is 4.98 Å². The van der Waals surface area contributed by atoms with Gasteiger partial charge in [-0.15, -0.1) is 0 Å². The summed E-state index contributed by atoms with van der Waals surface area (Å²) in [6, 6.07) is 1.79. The van der Waals surface area contributed by atoms with Gasteiger partial charge in [0.1, 0.15) is 0 Å². The number of Topliss-reactive ketones (excluding diaryl/α,β-unsaturated/α-hetero) is 1. The fourth-order valence-electron chi connectivity index (χ4n) is 0.969. The summed E-state index contributed by atoms with van der Waals surface area (Å²) in [4.78, 5) is 15.7. The van der Waals surface area contributed by atoms with Gasteiger partial charge in [0, 0.05) is 27.8 Å². The summed E-state index contributed by atoms with van der Waals surface area (Å²) in [5, 5.41) is 0. The van der Waals surface area contributed by atoms with Crippen molar-refractivity contribution in [1.29, 1.82) is 0 Å². The second kappa shape index (κ2) is 3.58. The summed E-state index contributed by atoms with van der Waals surface area (Å²) in [6.07, 6.45) is 3.26. The summed E-state index contributed by atoms with van der Waals surface area (Å²) in [7, 11) is 0. The van der Waals surface area contributed by atoms with E-state index in [1.807, 2.05) is 20.8 Å². The Bertz CT molecular complexity index is 328. The fourth-order valence-corrected chi connectivity index (χ4v) is 1.33. The van der Waals surface area contributed by atoms with Crippen LogP contribution in [0.4, 0.5) is 0 Å². The standard InChI is InChI=1S/C10H12BrNO/c1-10(2,3)9(13)7-4-8(11)6-12-5-7/h4-6H,1-3H3. The highest BCUT2D eigenvalue weighted by Gasteiger charge is 2.22. The molecule has 0 aliphatic heterocycles. The number of hydrogen-bond donors (Lipinski definition) is 0. The van der Waals surface area contributed by atoms with Crippen LogP contribution in [0.1, 0.15) is 31.1 Å². The molecule has 0 N–H and O–H groups in total. The molecule has 0 spiro atoms. The second-order valence-corrected chi connectivity index (χ2v) is 4.89. The summed E-state index contributed by atoms with van der Waals surface area (Å²) < 4.78 is 0.836. The van der Waals surface area contributed by atoms with Crippen molar-refractivity contribution in [2.24, 2.45) is 5.41 Å². The summed E-state index contributed by atoms with van der Waals surface area (Å²) in [5.41, 5.74) is 0.310. The third-order valence-corrected chi connectivity index (χ3v) is 2.08. The quantitative estimate of drug-likeness (QED) is 0.708. The van der Waals surface area contributed by atoms with E-state index in [-0.39, 0.29) is 11.2 Å². The molecule has 0 atom stereocenters. The van der Waals surface area contributed by atoms with E-state index in [0.29, 0.717) is 5.56 Å². The van der Waals surface area contributed by atoms with E-state index in [1.54, 1.807) is 18.5 Å². The Morgan fingerprint density at radius 3 is 2.46 bits per heavy atom. The molecule has 0 aliphatic carbocycles. The topological polar surface area (TPSA) is 30.0 Å². The van der Waals surface area contributed by atoms with E-state index >= 15 is 0 Å². The maximum atomic E-state index is 11.8. The number of ketones is 1. The van der Waals surface area contributed by atoms with Crippen molar-refractivity contribution >= 4 is 21.7 Å². The molecule has 0 saturated heterocycles. The number of aromatic nitrogens is 1. The number of carbonyl (C=O) groups excluding carboxylic acids is 1. The van der Waals surface area contributed by atoms with E-state index in [4.69, 9.17) is 0 Å². The monoisotopic (exact) mass is 241 g/mol. The smallest absolute Gasteiger partial charge is 0.169 e. The maximum absolute atomic E-state index is 11.8. The van der Waals surface area contributed by atoms with Crippen LogP contribution in [0.3, 0.4) is 0 Å². The first-order valence-electron chi connectivity index (χ1n) is 4.06. The molecule has 13 heavy (non-hydrogen) atoms. The highest BCUT2D eigenvalue weighted by atomic mass is 79.9. The van der Waals surface area contributed by atoms with Crippen molar-refractivity contribution in [2.75, 3.05) is 0 Å². The minimum atomic E-state index is -0.345. The largest absolute Gasteiger partial charge is 0.294 e. The molecule has 1 heterocycles. The van der Waals surface area contributed by atoms with E-state index < -0.39 is 0 Å². The predicted octanol–water partition coefficient (Wildman–Crippen LogP) is 3.07. The first kappa shape index (κ1) is 10.4. The first-order valence-corrected chi connectivity index (χ1v) is 4.86.